The van der Waals surface area contributed by atoms with Crippen molar-refractivity contribution in [2.45, 2.75) is 13.3 Å². The number of hydrogen-bond donors (Lipinski definition) is 2. The summed E-state index contributed by atoms with van der Waals surface area (Å²) in [5.41, 5.74) is 1.79. The number of aromatic nitrogens is 3. The molecule has 0 aliphatic rings. The third-order valence-corrected chi connectivity index (χ3v) is 3.65. The van der Waals surface area contributed by atoms with Crippen molar-refractivity contribution < 1.29 is 9.53 Å². The summed E-state index contributed by atoms with van der Waals surface area (Å²) in [6.07, 6.45) is 0.392. The van der Waals surface area contributed by atoms with Crippen LogP contribution in [0.25, 0.3) is 0 Å². The first kappa shape index (κ1) is 17.3. The molecule has 1 heterocycles. The number of aromatic amines is 1. The van der Waals surface area contributed by atoms with E-state index in [0.717, 1.165) is 5.56 Å². The van der Waals surface area contributed by atoms with Gasteiger partial charge in [-0.25, -0.2) is 4.79 Å². The van der Waals surface area contributed by atoms with Gasteiger partial charge in [-0.1, -0.05) is 42.5 Å². The van der Waals surface area contributed by atoms with Crippen molar-refractivity contribution >= 4 is 17.6 Å². The molecule has 0 saturated heterocycles. The molecule has 0 saturated carbocycles. The molecule has 26 heavy (non-hydrogen) atoms. The Labute approximate surface area is 150 Å². The predicted octanol–water partition coefficient (Wildman–Crippen LogP) is 2.68. The highest BCUT2D eigenvalue weighted by atomic mass is 16.5. The highest BCUT2D eigenvalue weighted by molar-refractivity contribution is 5.96. The number of para-hydroxylation sites is 1. The summed E-state index contributed by atoms with van der Waals surface area (Å²) in [4.78, 5) is 26.9. The fourth-order valence-electron chi connectivity index (χ4n) is 2.43. The van der Waals surface area contributed by atoms with Gasteiger partial charge >= 0.3 is 5.97 Å². The molecule has 132 valence electrons. The second kappa shape index (κ2) is 8.06. The molecule has 7 heteroatoms. The Kier molecular flexibility index (Phi) is 5.38. The lowest BCUT2D eigenvalue weighted by Gasteiger charge is -2.10. The van der Waals surface area contributed by atoms with Gasteiger partial charge in [0.05, 0.1) is 17.9 Å². The number of esters is 1. The van der Waals surface area contributed by atoms with E-state index in [1.807, 2.05) is 30.3 Å². The van der Waals surface area contributed by atoms with Crippen LogP contribution in [0.1, 0.15) is 28.5 Å². The van der Waals surface area contributed by atoms with Crippen molar-refractivity contribution in [3.63, 3.8) is 0 Å². The maximum absolute atomic E-state index is 12.3. The molecule has 3 aromatic rings. The number of carbonyl (C=O) groups is 1. The number of H-pyrrole nitrogens is 1. The lowest BCUT2D eigenvalue weighted by Crippen LogP contribution is -2.19. The Bertz CT molecular complexity index is 954. The van der Waals surface area contributed by atoms with E-state index in [9.17, 15) is 9.59 Å². The van der Waals surface area contributed by atoms with E-state index < -0.39 is 5.97 Å². The number of hydrogen-bond acceptors (Lipinski definition) is 6. The lowest BCUT2D eigenvalue weighted by molar-refractivity contribution is 0.0527. The largest absolute Gasteiger partial charge is 0.462 e. The Hall–Kier alpha value is -3.48. The third-order valence-electron chi connectivity index (χ3n) is 3.65. The zero-order chi connectivity index (χ0) is 18.4. The summed E-state index contributed by atoms with van der Waals surface area (Å²) in [5, 5.41) is 10.9. The fourth-order valence-corrected chi connectivity index (χ4v) is 2.43. The van der Waals surface area contributed by atoms with Crippen LogP contribution >= 0.6 is 0 Å². The number of nitrogens with zero attached hydrogens (tertiary/aromatic N) is 2. The van der Waals surface area contributed by atoms with Gasteiger partial charge < -0.3 is 10.1 Å². The highest BCUT2D eigenvalue weighted by Crippen LogP contribution is 2.19. The molecule has 0 amide bonds. The van der Waals surface area contributed by atoms with Crippen LogP contribution in [-0.4, -0.2) is 27.8 Å². The number of ether oxygens (including phenoxy) is 1. The van der Waals surface area contributed by atoms with Crippen LogP contribution in [0.5, 0.6) is 0 Å². The third kappa shape index (κ3) is 4.13. The van der Waals surface area contributed by atoms with Crippen molar-refractivity contribution in [2.24, 2.45) is 0 Å². The number of anilines is 2. The number of rotatable bonds is 6. The van der Waals surface area contributed by atoms with E-state index in [2.05, 4.69) is 20.5 Å². The van der Waals surface area contributed by atoms with Crippen molar-refractivity contribution in [3.05, 3.63) is 81.8 Å². The first-order valence-corrected chi connectivity index (χ1v) is 8.20. The van der Waals surface area contributed by atoms with Gasteiger partial charge in [0.2, 0.25) is 5.95 Å². The topological polar surface area (TPSA) is 97.0 Å². The lowest BCUT2D eigenvalue weighted by atomic mass is 10.1. The normalized spacial score (nSPS) is 10.3. The van der Waals surface area contributed by atoms with E-state index in [1.54, 1.807) is 31.2 Å². The van der Waals surface area contributed by atoms with Gasteiger partial charge in [-0.3, -0.25) is 9.78 Å². The number of carbonyl (C=O) groups excluding carboxylic acids is 1. The van der Waals surface area contributed by atoms with E-state index in [1.165, 1.54) is 0 Å². The summed E-state index contributed by atoms with van der Waals surface area (Å²) in [6, 6.07) is 16.4. The zero-order valence-corrected chi connectivity index (χ0v) is 14.2. The monoisotopic (exact) mass is 350 g/mol. The molecule has 2 aromatic carbocycles. The molecule has 0 unspecified atom stereocenters. The molecule has 0 aliphatic heterocycles. The molecule has 7 nitrogen and oxygen atoms in total. The summed E-state index contributed by atoms with van der Waals surface area (Å²) >= 11 is 0. The van der Waals surface area contributed by atoms with E-state index >= 15 is 0 Å². The fraction of sp³-hybridized carbons (Fsp3) is 0.158. The van der Waals surface area contributed by atoms with Gasteiger partial charge in [0.1, 0.15) is 5.69 Å². The first-order chi connectivity index (χ1) is 12.7. The average Bonchev–Trinajstić information content (AvgIpc) is 2.65. The van der Waals surface area contributed by atoms with Crippen LogP contribution < -0.4 is 10.9 Å². The molecule has 2 N–H and O–H groups in total. The number of nitrogens with one attached hydrogen (secondary N) is 2. The SMILES string of the molecule is CCOC(=O)c1ccccc1Nc1nnc(Cc2ccccc2)c(=O)[nH]1. The molecule has 1 aromatic heterocycles. The van der Waals surface area contributed by atoms with Crippen LogP contribution in [0, 0.1) is 0 Å². The second-order valence-corrected chi connectivity index (χ2v) is 5.50. The van der Waals surface area contributed by atoms with Crippen LogP contribution in [-0.2, 0) is 11.2 Å². The van der Waals surface area contributed by atoms with E-state index in [-0.39, 0.29) is 18.1 Å². The smallest absolute Gasteiger partial charge is 0.340 e. The van der Waals surface area contributed by atoms with Crippen LogP contribution in [0.15, 0.2) is 59.4 Å². The first-order valence-electron chi connectivity index (χ1n) is 8.20. The molecule has 0 atom stereocenters. The second-order valence-electron chi connectivity index (χ2n) is 5.50. The minimum Gasteiger partial charge on any atom is -0.462 e. The van der Waals surface area contributed by atoms with Gasteiger partial charge in [0, 0.05) is 6.42 Å². The highest BCUT2D eigenvalue weighted by Gasteiger charge is 2.13. The van der Waals surface area contributed by atoms with Crippen LogP contribution in [0.4, 0.5) is 11.6 Å². The summed E-state index contributed by atoms with van der Waals surface area (Å²) in [7, 11) is 0. The Morgan fingerprint density at radius 3 is 2.54 bits per heavy atom. The summed E-state index contributed by atoms with van der Waals surface area (Å²) in [5.74, 6) is -0.296. The minimum absolute atomic E-state index is 0.156. The molecule has 0 aliphatic carbocycles. The van der Waals surface area contributed by atoms with Crippen molar-refractivity contribution in [3.8, 4) is 0 Å². The van der Waals surface area contributed by atoms with Gasteiger partial charge in [-0.15, -0.1) is 10.2 Å². The van der Waals surface area contributed by atoms with Crippen molar-refractivity contribution in [1.82, 2.24) is 15.2 Å². The molecule has 0 spiro atoms. The van der Waals surface area contributed by atoms with E-state index in [4.69, 9.17) is 4.74 Å². The van der Waals surface area contributed by atoms with Crippen LogP contribution in [0.2, 0.25) is 0 Å². The van der Waals surface area contributed by atoms with Gasteiger partial charge in [-0.2, -0.15) is 0 Å². The van der Waals surface area contributed by atoms with Crippen molar-refractivity contribution in [2.75, 3.05) is 11.9 Å². The van der Waals surface area contributed by atoms with E-state index in [0.29, 0.717) is 23.4 Å². The van der Waals surface area contributed by atoms with Gasteiger partial charge in [-0.05, 0) is 24.6 Å². The minimum atomic E-state index is -0.452. The Morgan fingerprint density at radius 2 is 1.81 bits per heavy atom. The maximum Gasteiger partial charge on any atom is 0.340 e. The molecule has 0 bridgehead atoms. The summed E-state index contributed by atoms with van der Waals surface area (Å²) < 4.78 is 5.03. The molecule has 3 rings (SSSR count). The molecule has 0 fully saturated rings. The molecular weight excluding hydrogens is 332 g/mol. The number of benzene rings is 2. The zero-order valence-electron chi connectivity index (χ0n) is 14.2. The Balaban J connectivity index is 1.81. The Morgan fingerprint density at radius 1 is 1.08 bits per heavy atom. The molecular formula is C19H18N4O3. The quantitative estimate of drug-likeness (QED) is 0.664. The standard InChI is InChI=1S/C19H18N4O3/c1-2-26-18(25)14-10-6-7-11-15(14)20-19-21-17(24)16(22-23-19)12-13-8-4-3-5-9-13/h3-11H,2,12H2,1H3,(H2,20,21,23,24). The van der Waals surface area contributed by atoms with Gasteiger partial charge in [0.15, 0.2) is 0 Å². The maximum atomic E-state index is 12.3. The molecule has 0 radical (unpaired) electrons. The van der Waals surface area contributed by atoms with Crippen LogP contribution in [0.3, 0.4) is 0 Å². The average molecular weight is 350 g/mol. The van der Waals surface area contributed by atoms with Crippen molar-refractivity contribution in [1.29, 1.82) is 0 Å². The summed E-state index contributed by atoms with van der Waals surface area (Å²) in [6.45, 7) is 2.01. The van der Waals surface area contributed by atoms with Gasteiger partial charge in [0.25, 0.3) is 5.56 Å². The predicted molar refractivity (Wildman–Crippen MR) is 97.6 cm³/mol.